The minimum Gasteiger partial charge on any atom is -0.383 e. The topological polar surface area (TPSA) is 81.9 Å². The van der Waals surface area contributed by atoms with Crippen molar-refractivity contribution in [1.29, 1.82) is 0 Å². The van der Waals surface area contributed by atoms with Crippen LogP contribution in [0.25, 0.3) is 11.4 Å². The average Bonchev–Trinajstić information content (AvgIpc) is 3.19. The van der Waals surface area contributed by atoms with Crippen LogP contribution in [0.3, 0.4) is 0 Å². The van der Waals surface area contributed by atoms with Crippen LogP contribution in [0.15, 0.2) is 60.0 Å². The monoisotopic (exact) mass is 439 g/mol. The highest BCUT2D eigenvalue weighted by Gasteiger charge is 2.19. The smallest absolute Gasteiger partial charge is 0.230 e. The maximum atomic E-state index is 12.8. The summed E-state index contributed by atoms with van der Waals surface area (Å²) in [5.41, 5.74) is 2.05. The number of thioether (sulfide) groups is 1. The van der Waals surface area contributed by atoms with Crippen LogP contribution in [-0.4, -0.2) is 45.1 Å². The second kappa shape index (κ2) is 11.6. The van der Waals surface area contributed by atoms with E-state index in [-0.39, 0.29) is 17.7 Å². The van der Waals surface area contributed by atoms with E-state index >= 15 is 0 Å². The van der Waals surface area contributed by atoms with E-state index in [1.165, 1.54) is 11.8 Å². The van der Waals surface area contributed by atoms with Gasteiger partial charge >= 0.3 is 0 Å². The van der Waals surface area contributed by atoms with Gasteiger partial charge < -0.3 is 10.1 Å². The lowest BCUT2D eigenvalue weighted by Gasteiger charge is -2.21. The van der Waals surface area contributed by atoms with Crippen molar-refractivity contribution < 1.29 is 9.53 Å². The van der Waals surface area contributed by atoms with E-state index in [1.54, 1.807) is 19.5 Å². The van der Waals surface area contributed by atoms with E-state index in [1.807, 2.05) is 34.9 Å². The zero-order chi connectivity index (χ0) is 22.1. The molecule has 164 valence electrons. The first-order valence-electron chi connectivity index (χ1n) is 10.4. The number of aromatic nitrogens is 4. The molecule has 1 unspecified atom stereocenters. The zero-order valence-corrected chi connectivity index (χ0v) is 19.0. The van der Waals surface area contributed by atoms with Crippen LogP contribution in [-0.2, 0) is 16.1 Å². The third-order valence-electron chi connectivity index (χ3n) is 4.75. The summed E-state index contributed by atoms with van der Waals surface area (Å²) in [6.45, 7) is 5.46. The van der Waals surface area contributed by atoms with E-state index in [0.717, 1.165) is 23.4 Å². The molecule has 0 bridgehead atoms. The lowest BCUT2D eigenvalue weighted by atomic mass is 9.97. The highest BCUT2D eigenvalue weighted by Crippen LogP contribution is 2.25. The van der Waals surface area contributed by atoms with Gasteiger partial charge in [0.15, 0.2) is 11.0 Å². The Labute approximate surface area is 187 Å². The third-order valence-corrected chi connectivity index (χ3v) is 5.72. The van der Waals surface area contributed by atoms with Crippen molar-refractivity contribution in [2.45, 2.75) is 38.0 Å². The fourth-order valence-electron chi connectivity index (χ4n) is 3.30. The maximum Gasteiger partial charge on any atom is 0.230 e. The molecule has 3 aromatic rings. The van der Waals surface area contributed by atoms with Crippen molar-refractivity contribution in [3.63, 3.8) is 0 Å². The van der Waals surface area contributed by atoms with Gasteiger partial charge in [0, 0.05) is 25.1 Å². The summed E-state index contributed by atoms with van der Waals surface area (Å²) in [7, 11) is 1.66. The molecule has 2 heterocycles. The van der Waals surface area contributed by atoms with Gasteiger partial charge in [-0.05, 0) is 30.0 Å². The van der Waals surface area contributed by atoms with Gasteiger partial charge in [0.05, 0.1) is 24.9 Å². The molecular formula is C23H29N5O2S. The van der Waals surface area contributed by atoms with Gasteiger partial charge in [0.1, 0.15) is 0 Å². The SMILES string of the molecule is COCCn1c(SCC(=O)NC(CC(C)C)c2ccccc2)nnc1-c1ccncc1. The van der Waals surface area contributed by atoms with Crippen LogP contribution in [0.4, 0.5) is 0 Å². The Morgan fingerprint density at radius 2 is 1.87 bits per heavy atom. The number of methoxy groups -OCH3 is 1. The minimum absolute atomic E-state index is 0.00644. The van der Waals surface area contributed by atoms with Crippen molar-refractivity contribution in [2.75, 3.05) is 19.5 Å². The number of amides is 1. The molecule has 3 rings (SSSR count). The Morgan fingerprint density at radius 3 is 2.55 bits per heavy atom. The van der Waals surface area contributed by atoms with E-state index < -0.39 is 0 Å². The van der Waals surface area contributed by atoms with E-state index in [2.05, 4.69) is 46.5 Å². The molecule has 0 fully saturated rings. The van der Waals surface area contributed by atoms with Gasteiger partial charge in [0.25, 0.3) is 0 Å². The van der Waals surface area contributed by atoms with E-state index in [4.69, 9.17) is 4.74 Å². The molecule has 7 nitrogen and oxygen atoms in total. The Kier molecular flexibility index (Phi) is 8.61. The van der Waals surface area contributed by atoms with Gasteiger partial charge in [0.2, 0.25) is 5.91 Å². The molecule has 1 N–H and O–H groups in total. The zero-order valence-electron chi connectivity index (χ0n) is 18.2. The molecule has 1 atom stereocenters. The molecule has 1 aromatic carbocycles. The number of nitrogens with zero attached hydrogens (tertiary/aromatic N) is 4. The van der Waals surface area contributed by atoms with Crippen LogP contribution >= 0.6 is 11.8 Å². The summed E-state index contributed by atoms with van der Waals surface area (Å²) < 4.78 is 7.23. The van der Waals surface area contributed by atoms with Gasteiger partial charge in [-0.1, -0.05) is 55.9 Å². The molecule has 0 aliphatic heterocycles. The second-order valence-corrected chi connectivity index (χ2v) is 8.58. The van der Waals surface area contributed by atoms with Gasteiger partial charge in [-0.15, -0.1) is 10.2 Å². The van der Waals surface area contributed by atoms with Crippen LogP contribution in [0.2, 0.25) is 0 Å². The molecule has 0 saturated carbocycles. The Morgan fingerprint density at radius 1 is 1.13 bits per heavy atom. The predicted octanol–water partition coefficient (Wildman–Crippen LogP) is 3.98. The Balaban J connectivity index is 1.69. The van der Waals surface area contributed by atoms with Crippen molar-refractivity contribution in [3.8, 4) is 11.4 Å². The molecule has 0 aliphatic carbocycles. The fraction of sp³-hybridized carbons (Fsp3) is 0.391. The maximum absolute atomic E-state index is 12.8. The fourth-order valence-corrected chi connectivity index (χ4v) is 4.07. The number of carbonyl (C=O) groups excluding carboxylic acids is 1. The van der Waals surface area contributed by atoms with Crippen molar-refractivity contribution >= 4 is 17.7 Å². The standard InChI is InChI=1S/C23H29N5O2S/c1-17(2)15-20(18-7-5-4-6-8-18)25-21(29)16-31-23-27-26-22(28(23)13-14-30-3)19-9-11-24-12-10-19/h4-12,17,20H,13-16H2,1-3H3,(H,25,29). The minimum atomic E-state index is -0.0220. The molecule has 0 saturated heterocycles. The summed E-state index contributed by atoms with van der Waals surface area (Å²) in [5.74, 6) is 1.46. The summed E-state index contributed by atoms with van der Waals surface area (Å²) in [4.78, 5) is 16.8. The van der Waals surface area contributed by atoms with Gasteiger partial charge in [-0.25, -0.2) is 0 Å². The number of pyridine rings is 1. The molecule has 0 spiro atoms. The van der Waals surface area contributed by atoms with Gasteiger partial charge in [-0.2, -0.15) is 0 Å². The quantitative estimate of drug-likeness (QED) is 0.455. The molecule has 8 heteroatoms. The molecular weight excluding hydrogens is 410 g/mol. The third kappa shape index (κ3) is 6.63. The summed E-state index contributed by atoms with van der Waals surface area (Å²) in [5, 5.41) is 12.5. The number of nitrogens with one attached hydrogen (secondary N) is 1. The lowest BCUT2D eigenvalue weighted by molar-refractivity contribution is -0.119. The highest BCUT2D eigenvalue weighted by atomic mass is 32.2. The van der Waals surface area contributed by atoms with Crippen LogP contribution in [0.1, 0.15) is 31.9 Å². The number of ether oxygens (including phenoxy) is 1. The van der Waals surface area contributed by atoms with Crippen molar-refractivity contribution in [2.24, 2.45) is 5.92 Å². The number of rotatable bonds is 11. The number of benzene rings is 1. The summed E-state index contributed by atoms with van der Waals surface area (Å²) in [6, 6.07) is 13.9. The summed E-state index contributed by atoms with van der Waals surface area (Å²) in [6.07, 6.45) is 4.34. The molecule has 31 heavy (non-hydrogen) atoms. The first-order valence-corrected chi connectivity index (χ1v) is 11.4. The lowest BCUT2D eigenvalue weighted by Crippen LogP contribution is -2.31. The second-order valence-electron chi connectivity index (χ2n) is 7.64. The van der Waals surface area contributed by atoms with E-state index in [9.17, 15) is 4.79 Å². The van der Waals surface area contributed by atoms with Crippen molar-refractivity contribution in [1.82, 2.24) is 25.1 Å². The first kappa shape index (κ1) is 23.0. The number of carbonyl (C=O) groups is 1. The first-order chi connectivity index (χ1) is 15.1. The molecule has 0 radical (unpaired) electrons. The normalized spacial score (nSPS) is 12.1. The summed E-state index contributed by atoms with van der Waals surface area (Å²) >= 11 is 1.38. The van der Waals surface area contributed by atoms with Crippen LogP contribution in [0, 0.1) is 5.92 Å². The van der Waals surface area contributed by atoms with Gasteiger partial charge in [-0.3, -0.25) is 14.3 Å². The molecule has 1 amide bonds. The molecule has 2 aromatic heterocycles. The van der Waals surface area contributed by atoms with Crippen molar-refractivity contribution in [3.05, 3.63) is 60.4 Å². The Bertz CT molecular complexity index is 947. The number of hydrogen-bond donors (Lipinski definition) is 1. The predicted molar refractivity (Wildman–Crippen MR) is 123 cm³/mol. The largest absolute Gasteiger partial charge is 0.383 e. The highest BCUT2D eigenvalue weighted by molar-refractivity contribution is 7.99. The molecule has 0 aliphatic rings. The van der Waals surface area contributed by atoms with E-state index in [0.29, 0.717) is 24.2 Å². The average molecular weight is 440 g/mol. The van der Waals surface area contributed by atoms with Crippen LogP contribution < -0.4 is 5.32 Å². The number of hydrogen-bond acceptors (Lipinski definition) is 6. The Hall–Kier alpha value is -2.71. The van der Waals surface area contributed by atoms with Crippen LogP contribution in [0.5, 0.6) is 0 Å².